The van der Waals surface area contributed by atoms with Crippen LogP contribution >= 0.6 is 0 Å². The number of methoxy groups -OCH3 is 1. The number of aliphatic carboxylic acids is 1. The van der Waals surface area contributed by atoms with E-state index in [0.717, 1.165) is 0 Å². The summed E-state index contributed by atoms with van der Waals surface area (Å²) in [5.41, 5.74) is 5.14. The molecule has 5 N–H and O–H groups in total. The molecule has 2 amide bonds. The molecule has 0 radical (unpaired) electrons. The molecule has 0 aromatic carbocycles. The van der Waals surface area contributed by atoms with Crippen molar-refractivity contribution in [1.82, 2.24) is 10.6 Å². The van der Waals surface area contributed by atoms with Crippen molar-refractivity contribution in [2.75, 3.05) is 26.8 Å². The molecule has 0 fully saturated rings. The summed E-state index contributed by atoms with van der Waals surface area (Å²) < 4.78 is 4.62. The van der Waals surface area contributed by atoms with Crippen molar-refractivity contribution >= 4 is 12.0 Å². The predicted molar refractivity (Wildman–Crippen MR) is 48.9 cm³/mol. The highest BCUT2D eigenvalue weighted by molar-refractivity contribution is 5.82. The monoisotopic (exact) mass is 205 g/mol. The van der Waals surface area contributed by atoms with E-state index in [9.17, 15) is 9.59 Å². The first-order valence-electron chi connectivity index (χ1n) is 4.08. The van der Waals surface area contributed by atoms with Gasteiger partial charge in [0.1, 0.15) is 0 Å². The fraction of sp³-hybridized carbons (Fsp3) is 0.714. The zero-order valence-corrected chi connectivity index (χ0v) is 7.95. The van der Waals surface area contributed by atoms with Crippen LogP contribution in [0.3, 0.4) is 0 Å². The Morgan fingerprint density at radius 3 is 2.64 bits per heavy atom. The van der Waals surface area contributed by atoms with E-state index < -0.39 is 18.0 Å². The van der Waals surface area contributed by atoms with Crippen molar-refractivity contribution in [2.24, 2.45) is 5.73 Å². The summed E-state index contributed by atoms with van der Waals surface area (Å²) >= 11 is 0. The minimum atomic E-state index is -1.14. The molecule has 0 spiro atoms. The predicted octanol–water partition coefficient (Wildman–Crippen LogP) is -1.66. The molecule has 7 heteroatoms. The third kappa shape index (κ3) is 5.33. The van der Waals surface area contributed by atoms with E-state index in [2.05, 4.69) is 15.4 Å². The molecule has 0 aliphatic carbocycles. The third-order valence-electron chi connectivity index (χ3n) is 1.37. The lowest BCUT2D eigenvalue weighted by Crippen LogP contribution is -2.49. The zero-order chi connectivity index (χ0) is 11.0. The number of hydrogen-bond acceptors (Lipinski definition) is 4. The molecule has 0 saturated carbocycles. The fourth-order valence-corrected chi connectivity index (χ4v) is 0.736. The van der Waals surface area contributed by atoms with Crippen LogP contribution in [-0.2, 0) is 9.53 Å². The number of nitrogens with one attached hydrogen (secondary N) is 2. The summed E-state index contributed by atoms with van der Waals surface area (Å²) in [4.78, 5) is 21.5. The van der Waals surface area contributed by atoms with E-state index in [1.54, 1.807) is 0 Å². The van der Waals surface area contributed by atoms with Gasteiger partial charge in [0.15, 0.2) is 6.04 Å². The second-order valence-corrected chi connectivity index (χ2v) is 2.54. The Balaban J connectivity index is 3.90. The minimum absolute atomic E-state index is 0.0780. The van der Waals surface area contributed by atoms with Gasteiger partial charge >= 0.3 is 12.0 Å². The van der Waals surface area contributed by atoms with Crippen LogP contribution in [0.2, 0.25) is 0 Å². The molecule has 0 aromatic rings. The number of nitrogens with two attached hydrogens (primary N) is 1. The molecule has 0 heterocycles. The van der Waals surface area contributed by atoms with Gasteiger partial charge in [0.2, 0.25) is 0 Å². The third-order valence-corrected chi connectivity index (χ3v) is 1.37. The smallest absolute Gasteiger partial charge is 0.328 e. The Bertz CT molecular complexity index is 197. The lowest BCUT2D eigenvalue weighted by atomic mass is 10.3. The van der Waals surface area contributed by atoms with Gasteiger partial charge in [0, 0.05) is 20.2 Å². The average Bonchev–Trinajstić information content (AvgIpc) is 2.14. The van der Waals surface area contributed by atoms with Crippen LogP contribution in [0.25, 0.3) is 0 Å². The molecule has 0 bridgehead atoms. The first-order chi connectivity index (χ1) is 6.61. The number of carboxylic acid groups (broad SMARTS) is 1. The second-order valence-electron chi connectivity index (χ2n) is 2.54. The molecule has 0 aromatic heterocycles. The quantitative estimate of drug-likeness (QED) is 0.414. The van der Waals surface area contributed by atoms with Crippen LogP contribution in [0, 0.1) is 0 Å². The number of amides is 2. The number of carbonyl (C=O) groups is 2. The molecular formula is C7H15N3O4. The molecule has 0 aliphatic heterocycles. The average molecular weight is 205 g/mol. The van der Waals surface area contributed by atoms with Crippen LogP contribution in [0.15, 0.2) is 0 Å². The van der Waals surface area contributed by atoms with Crippen LogP contribution in [0.5, 0.6) is 0 Å². The van der Waals surface area contributed by atoms with E-state index >= 15 is 0 Å². The first kappa shape index (κ1) is 12.7. The van der Waals surface area contributed by atoms with E-state index in [4.69, 9.17) is 10.8 Å². The lowest BCUT2D eigenvalue weighted by molar-refractivity contribution is -0.140. The van der Waals surface area contributed by atoms with E-state index in [0.29, 0.717) is 13.1 Å². The standard InChI is InChI=1S/C7H15N3O4/c1-14-4-5(6(11)12)10-7(13)9-3-2-8/h5H,2-4,8H2,1H3,(H,11,12)(H2,9,10,13). The molecule has 0 saturated heterocycles. The maximum Gasteiger partial charge on any atom is 0.328 e. The van der Waals surface area contributed by atoms with Gasteiger partial charge in [-0.3, -0.25) is 0 Å². The van der Waals surface area contributed by atoms with Crippen molar-refractivity contribution in [1.29, 1.82) is 0 Å². The zero-order valence-electron chi connectivity index (χ0n) is 7.95. The maximum atomic E-state index is 11.0. The summed E-state index contributed by atoms with van der Waals surface area (Å²) in [7, 11) is 1.36. The second kappa shape index (κ2) is 7.10. The van der Waals surface area contributed by atoms with Gasteiger partial charge in [-0.15, -0.1) is 0 Å². The van der Waals surface area contributed by atoms with E-state index in [1.807, 2.05) is 0 Å². The number of carboxylic acids is 1. The molecule has 1 atom stereocenters. The van der Waals surface area contributed by atoms with Gasteiger partial charge < -0.3 is 26.2 Å². The van der Waals surface area contributed by atoms with Gasteiger partial charge in [-0.2, -0.15) is 0 Å². The number of hydrogen-bond donors (Lipinski definition) is 4. The molecular weight excluding hydrogens is 190 g/mol. The largest absolute Gasteiger partial charge is 0.480 e. The van der Waals surface area contributed by atoms with Crippen LogP contribution in [-0.4, -0.2) is 50.0 Å². The highest BCUT2D eigenvalue weighted by atomic mass is 16.5. The highest BCUT2D eigenvalue weighted by Crippen LogP contribution is 1.85. The molecule has 82 valence electrons. The van der Waals surface area contributed by atoms with E-state index in [1.165, 1.54) is 7.11 Å². The first-order valence-corrected chi connectivity index (χ1v) is 4.08. The summed E-state index contributed by atoms with van der Waals surface area (Å²) in [5, 5.41) is 13.2. The van der Waals surface area contributed by atoms with Crippen LogP contribution in [0.4, 0.5) is 4.79 Å². The van der Waals surface area contributed by atoms with Crippen molar-refractivity contribution in [2.45, 2.75) is 6.04 Å². The summed E-state index contributed by atoms with van der Waals surface area (Å²) in [6, 6.07) is -1.61. The summed E-state index contributed by atoms with van der Waals surface area (Å²) in [6.45, 7) is 0.520. The molecule has 0 rings (SSSR count). The fourth-order valence-electron chi connectivity index (χ4n) is 0.736. The maximum absolute atomic E-state index is 11.0. The van der Waals surface area contributed by atoms with Gasteiger partial charge in [-0.1, -0.05) is 0 Å². The molecule has 0 aliphatic rings. The Morgan fingerprint density at radius 2 is 2.21 bits per heavy atom. The minimum Gasteiger partial charge on any atom is -0.480 e. The Labute approximate surface area is 81.6 Å². The van der Waals surface area contributed by atoms with E-state index in [-0.39, 0.29) is 6.61 Å². The molecule has 1 unspecified atom stereocenters. The van der Waals surface area contributed by atoms with Crippen molar-refractivity contribution in [3.8, 4) is 0 Å². The number of rotatable bonds is 6. The number of carbonyl (C=O) groups excluding carboxylic acids is 1. The topological polar surface area (TPSA) is 114 Å². The summed E-state index contributed by atoms with van der Waals surface area (Å²) in [6.07, 6.45) is 0. The molecule has 14 heavy (non-hydrogen) atoms. The van der Waals surface area contributed by atoms with Gasteiger partial charge in [0.05, 0.1) is 6.61 Å². The van der Waals surface area contributed by atoms with Gasteiger partial charge in [0.25, 0.3) is 0 Å². The molecule has 7 nitrogen and oxygen atoms in total. The van der Waals surface area contributed by atoms with Crippen molar-refractivity contribution < 1.29 is 19.4 Å². The lowest BCUT2D eigenvalue weighted by Gasteiger charge is -2.13. The Hall–Kier alpha value is -1.34. The number of ether oxygens (including phenoxy) is 1. The van der Waals surface area contributed by atoms with Crippen LogP contribution in [0.1, 0.15) is 0 Å². The van der Waals surface area contributed by atoms with Gasteiger partial charge in [-0.25, -0.2) is 9.59 Å². The Kier molecular flexibility index (Phi) is 6.42. The highest BCUT2D eigenvalue weighted by Gasteiger charge is 2.18. The van der Waals surface area contributed by atoms with Gasteiger partial charge in [-0.05, 0) is 0 Å². The van der Waals surface area contributed by atoms with Crippen LogP contribution < -0.4 is 16.4 Å². The Morgan fingerprint density at radius 1 is 1.57 bits per heavy atom. The SMILES string of the molecule is COCC(NC(=O)NCCN)C(=O)O. The number of urea groups is 1. The summed E-state index contributed by atoms with van der Waals surface area (Å²) in [5.74, 6) is -1.14. The van der Waals surface area contributed by atoms with Crippen molar-refractivity contribution in [3.63, 3.8) is 0 Å². The normalized spacial score (nSPS) is 11.9. The van der Waals surface area contributed by atoms with Crippen molar-refractivity contribution in [3.05, 3.63) is 0 Å².